The van der Waals surface area contributed by atoms with Gasteiger partial charge in [-0.1, -0.05) is 13.8 Å². The Kier molecular flexibility index (Phi) is 6.31. The van der Waals surface area contributed by atoms with Crippen molar-refractivity contribution in [3.8, 4) is 0 Å². The number of Topliss-reactive ketones (excluding diaryl/α,β-unsaturated/α-hetero) is 1. The number of benzene rings is 1. The van der Waals surface area contributed by atoms with Crippen molar-refractivity contribution in [2.45, 2.75) is 39.3 Å². The number of ether oxygens (including phenoxy) is 1. The summed E-state index contributed by atoms with van der Waals surface area (Å²) in [6.07, 6.45) is -0.0395. The molecular formula is C15H20FNO3. The van der Waals surface area contributed by atoms with Crippen molar-refractivity contribution in [1.82, 2.24) is 5.32 Å². The molecule has 1 rings (SSSR count). The van der Waals surface area contributed by atoms with Crippen LogP contribution in [0.5, 0.6) is 0 Å². The highest BCUT2D eigenvalue weighted by atomic mass is 19.1. The molecule has 0 spiro atoms. The third kappa shape index (κ3) is 5.09. The van der Waals surface area contributed by atoms with Crippen molar-refractivity contribution >= 4 is 11.8 Å². The van der Waals surface area contributed by atoms with Crippen molar-refractivity contribution in [2.75, 3.05) is 6.61 Å². The van der Waals surface area contributed by atoms with Gasteiger partial charge < -0.3 is 10.1 Å². The number of rotatable bonds is 7. The van der Waals surface area contributed by atoms with Gasteiger partial charge in [0.05, 0.1) is 19.1 Å². The summed E-state index contributed by atoms with van der Waals surface area (Å²) in [4.78, 5) is 23.9. The zero-order chi connectivity index (χ0) is 15.1. The van der Waals surface area contributed by atoms with Gasteiger partial charge in [-0.2, -0.15) is 0 Å². The Hall–Kier alpha value is -1.75. The first-order valence-electron chi connectivity index (χ1n) is 6.65. The Labute approximate surface area is 118 Å². The zero-order valence-corrected chi connectivity index (χ0v) is 12.0. The van der Waals surface area contributed by atoms with Crippen LogP contribution in [0.15, 0.2) is 24.3 Å². The van der Waals surface area contributed by atoms with Gasteiger partial charge in [0.25, 0.3) is 0 Å². The molecule has 0 radical (unpaired) electrons. The van der Waals surface area contributed by atoms with E-state index in [0.717, 1.165) is 0 Å². The van der Waals surface area contributed by atoms with E-state index in [4.69, 9.17) is 4.74 Å². The predicted octanol–water partition coefficient (Wildman–Crippen LogP) is 2.33. The van der Waals surface area contributed by atoms with E-state index in [1.165, 1.54) is 24.3 Å². The fourth-order valence-electron chi connectivity index (χ4n) is 1.83. The van der Waals surface area contributed by atoms with E-state index in [1.54, 1.807) is 6.92 Å². The number of hydrogen-bond acceptors (Lipinski definition) is 4. The summed E-state index contributed by atoms with van der Waals surface area (Å²) in [5, 5.41) is 3.04. The van der Waals surface area contributed by atoms with Crippen LogP contribution in [0, 0.1) is 5.82 Å². The molecule has 1 atom stereocenters. The molecule has 0 aliphatic heterocycles. The van der Waals surface area contributed by atoms with Crippen LogP contribution in [0.4, 0.5) is 4.39 Å². The Morgan fingerprint density at radius 3 is 2.35 bits per heavy atom. The highest BCUT2D eigenvalue weighted by Gasteiger charge is 2.24. The Morgan fingerprint density at radius 1 is 1.25 bits per heavy atom. The average Bonchev–Trinajstić information content (AvgIpc) is 2.38. The lowest BCUT2D eigenvalue weighted by molar-refractivity contribution is -0.143. The first-order chi connectivity index (χ1) is 9.43. The molecule has 0 bridgehead atoms. The van der Waals surface area contributed by atoms with Gasteiger partial charge in [-0.15, -0.1) is 0 Å². The van der Waals surface area contributed by atoms with Crippen LogP contribution in [0.2, 0.25) is 0 Å². The minimum absolute atomic E-state index is 0.0395. The zero-order valence-electron chi connectivity index (χ0n) is 12.0. The summed E-state index contributed by atoms with van der Waals surface area (Å²) in [7, 11) is 0. The van der Waals surface area contributed by atoms with Gasteiger partial charge in [-0.25, -0.2) is 4.39 Å². The van der Waals surface area contributed by atoms with Gasteiger partial charge in [0.2, 0.25) is 0 Å². The molecule has 20 heavy (non-hydrogen) atoms. The Balaban J connectivity index is 2.83. The number of esters is 1. The summed E-state index contributed by atoms with van der Waals surface area (Å²) >= 11 is 0. The summed E-state index contributed by atoms with van der Waals surface area (Å²) in [6.45, 7) is 5.76. The van der Waals surface area contributed by atoms with Gasteiger partial charge in [0, 0.05) is 11.6 Å². The summed E-state index contributed by atoms with van der Waals surface area (Å²) in [5.74, 6) is -1.08. The number of carbonyl (C=O) groups is 2. The highest BCUT2D eigenvalue weighted by Crippen LogP contribution is 2.09. The summed E-state index contributed by atoms with van der Waals surface area (Å²) in [5.41, 5.74) is 0.369. The maximum Gasteiger partial charge on any atom is 0.307 e. The number of hydrogen-bond donors (Lipinski definition) is 1. The average molecular weight is 281 g/mol. The summed E-state index contributed by atoms with van der Waals surface area (Å²) in [6, 6.07) is 4.65. The quantitative estimate of drug-likeness (QED) is 0.615. The van der Waals surface area contributed by atoms with E-state index in [2.05, 4.69) is 5.32 Å². The van der Waals surface area contributed by atoms with E-state index >= 15 is 0 Å². The number of carbonyl (C=O) groups excluding carboxylic acids is 2. The molecule has 110 valence electrons. The standard InChI is InChI=1S/C15H20FNO3/c1-4-20-14(18)9-13(17-10(2)3)15(19)11-5-7-12(16)8-6-11/h5-8,10,13,17H,4,9H2,1-3H3. The van der Waals surface area contributed by atoms with Crippen molar-refractivity contribution in [2.24, 2.45) is 0 Å². The van der Waals surface area contributed by atoms with Crippen molar-refractivity contribution in [3.05, 3.63) is 35.6 Å². The Bertz CT molecular complexity index is 457. The molecule has 0 heterocycles. The summed E-state index contributed by atoms with van der Waals surface area (Å²) < 4.78 is 17.7. The second-order valence-electron chi connectivity index (χ2n) is 4.75. The van der Waals surface area contributed by atoms with Crippen LogP contribution in [0.3, 0.4) is 0 Å². The second-order valence-corrected chi connectivity index (χ2v) is 4.75. The second kappa shape index (κ2) is 7.75. The third-order valence-electron chi connectivity index (χ3n) is 2.66. The van der Waals surface area contributed by atoms with Gasteiger partial charge in [0.1, 0.15) is 5.82 Å². The lowest BCUT2D eigenvalue weighted by Gasteiger charge is -2.19. The number of halogens is 1. The van der Waals surface area contributed by atoms with Crippen molar-refractivity contribution < 1.29 is 18.7 Å². The third-order valence-corrected chi connectivity index (χ3v) is 2.66. The van der Waals surface area contributed by atoms with Gasteiger partial charge >= 0.3 is 5.97 Å². The maximum absolute atomic E-state index is 12.9. The molecule has 1 N–H and O–H groups in total. The van der Waals surface area contributed by atoms with Crippen LogP contribution in [-0.2, 0) is 9.53 Å². The monoisotopic (exact) mass is 281 g/mol. The van der Waals surface area contributed by atoms with E-state index in [1.807, 2.05) is 13.8 Å². The molecule has 0 aliphatic rings. The van der Waals surface area contributed by atoms with E-state index < -0.39 is 17.8 Å². The number of nitrogens with one attached hydrogen (secondary N) is 1. The normalized spacial score (nSPS) is 12.2. The molecule has 0 saturated heterocycles. The van der Waals surface area contributed by atoms with Crippen LogP contribution < -0.4 is 5.32 Å². The van der Waals surface area contributed by atoms with Gasteiger partial charge in [-0.05, 0) is 31.2 Å². The predicted molar refractivity (Wildman–Crippen MR) is 74.0 cm³/mol. The van der Waals surface area contributed by atoms with Crippen LogP contribution in [0.1, 0.15) is 37.6 Å². The van der Waals surface area contributed by atoms with Gasteiger partial charge in [0.15, 0.2) is 5.78 Å². The fraction of sp³-hybridized carbons (Fsp3) is 0.467. The first kappa shape index (κ1) is 16.3. The molecule has 1 aromatic rings. The van der Waals surface area contributed by atoms with Crippen LogP contribution in [-0.4, -0.2) is 30.4 Å². The van der Waals surface area contributed by atoms with E-state index in [9.17, 15) is 14.0 Å². The smallest absolute Gasteiger partial charge is 0.307 e. The molecule has 1 unspecified atom stereocenters. The van der Waals surface area contributed by atoms with Crippen molar-refractivity contribution in [3.63, 3.8) is 0 Å². The Morgan fingerprint density at radius 2 is 1.85 bits per heavy atom. The van der Waals surface area contributed by atoms with E-state index in [-0.39, 0.29) is 24.9 Å². The molecule has 0 amide bonds. The van der Waals surface area contributed by atoms with Gasteiger partial charge in [-0.3, -0.25) is 9.59 Å². The largest absolute Gasteiger partial charge is 0.466 e. The maximum atomic E-state index is 12.9. The molecule has 5 heteroatoms. The first-order valence-corrected chi connectivity index (χ1v) is 6.65. The SMILES string of the molecule is CCOC(=O)CC(NC(C)C)C(=O)c1ccc(F)cc1. The molecule has 4 nitrogen and oxygen atoms in total. The molecule has 0 saturated carbocycles. The number of ketones is 1. The minimum atomic E-state index is -0.667. The molecule has 1 aromatic carbocycles. The highest BCUT2D eigenvalue weighted by molar-refractivity contribution is 6.01. The lowest BCUT2D eigenvalue weighted by Crippen LogP contribution is -2.42. The topological polar surface area (TPSA) is 55.4 Å². The minimum Gasteiger partial charge on any atom is -0.466 e. The van der Waals surface area contributed by atoms with Crippen LogP contribution in [0.25, 0.3) is 0 Å². The lowest BCUT2D eigenvalue weighted by atomic mass is 10.0. The molecular weight excluding hydrogens is 261 g/mol. The molecule has 0 aromatic heterocycles. The van der Waals surface area contributed by atoms with Crippen LogP contribution >= 0.6 is 0 Å². The fourth-order valence-corrected chi connectivity index (χ4v) is 1.83. The molecule has 0 aliphatic carbocycles. The van der Waals surface area contributed by atoms with E-state index in [0.29, 0.717) is 5.56 Å². The van der Waals surface area contributed by atoms with Crippen molar-refractivity contribution in [1.29, 1.82) is 0 Å². The molecule has 0 fully saturated rings.